The van der Waals surface area contributed by atoms with Gasteiger partial charge >= 0.3 is 12.0 Å². The van der Waals surface area contributed by atoms with Crippen molar-refractivity contribution in [2.24, 2.45) is 0 Å². The van der Waals surface area contributed by atoms with E-state index in [1.165, 1.54) is 12.8 Å². The van der Waals surface area contributed by atoms with E-state index in [9.17, 15) is 9.59 Å². The van der Waals surface area contributed by atoms with Gasteiger partial charge in [0.15, 0.2) is 0 Å². The molecule has 21 heavy (non-hydrogen) atoms. The van der Waals surface area contributed by atoms with Crippen LogP contribution < -0.4 is 5.32 Å². The first kappa shape index (κ1) is 15.4. The lowest BCUT2D eigenvalue weighted by Gasteiger charge is -2.21. The van der Waals surface area contributed by atoms with E-state index >= 15 is 0 Å². The zero-order chi connectivity index (χ0) is 15.1. The molecule has 0 bridgehead atoms. The number of likely N-dealkylation sites (tertiary alicyclic amines) is 1. The lowest BCUT2D eigenvalue weighted by molar-refractivity contribution is -0.136. The monoisotopic (exact) mass is 290 g/mol. The number of carbonyl (C=O) groups is 2. The van der Waals surface area contributed by atoms with Crippen molar-refractivity contribution >= 4 is 12.0 Å². The van der Waals surface area contributed by atoms with E-state index in [4.69, 9.17) is 5.11 Å². The average Bonchev–Trinajstić information content (AvgIpc) is 2.74. The fraction of sp³-hybridized carbons (Fsp3) is 0.500. The smallest absolute Gasteiger partial charge is 0.317 e. The quantitative estimate of drug-likeness (QED) is 0.894. The summed E-state index contributed by atoms with van der Waals surface area (Å²) in [4.78, 5) is 24.9. The van der Waals surface area contributed by atoms with Crippen molar-refractivity contribution in [2.45, 2.75) is 38.6 Å². The van der Waals surface area contributed by atoms with E-state index in [1.54, 1.807) is 6.07 Å². The number of carbonyl (C=O) groups excluding carboxylic acids is 1. The molecule has 1 aliphatic rings. The molecule has 1 aromatic rings. The lowest BCUT2D eigenvalue weighted by Crippen LogP contribution is -2.40. The van der Waals surface area contributed by atoms with Crippen molar-refractivity contribution in [3.63, 3.8) is 0 Å². The molecule has 0 unspecified atom stereocenters. The number of carboxylic acids is 1. The highest BCUT2D eigenvalue weighted by atomic mass is 16.4. The topological polar surface area (TPSA) is 69.6 Å². The molecule has 5 nitrogen and oxygen atoms in total. The Hall–Kier alpha value is -2.04. The molecule has 0 saturated carbocycles. The second-order valence-corrected chi connectivity index (χ2v) is 5.40. The normalized spacial score (nSPS) is 15.3. The summed E-state index contributed by atoms with van der Waals surface area (Å²) >= 11 is 0. The Labute approximate surface area is 125 Å². The Bertz CT molecular complexity index is 494. The van der Waals surface area contributed by atoms with E-state index in [2.05, 4.69) is 5.32 Å². The van der Waals surface area contributed by atoms with Crippen molar-refractivity contribution in [3.8, 4) is 0 Å². The van der Waals surface area contributed by atoms with Crippen molar-refractivity contribution in [1.29, 1.82) is 0 Å². The van der Waals surface area contributed by atoms with Gasteiger partial charge in [0.25, 0.3) is 0 Å². The van der Waals surface area contributed by atoms with Crippen LogP contribution >= 0.6 is 0 Å². The number of urea groups is 1. The fourth-order valence-electron chi connectivity index (χ4n) is 2.62. The molecule has 114 valence electrons. The van der Waals surface area contributed by atoms with Gasteiger partial charge in [-0.1, -0.05) is 37.1 Å². The van der Waals surface area contributed by atoms with Crippen LogP contribution in [0.5, 0.6) is 0 Å². The van der Waals surface area contributed by atoms with E-state index in [0.717, 1.165) is 37.1 Å². The predicted octanol–water partition coefficient (Wildman–Crippen LogP) is 2.40. The Morgan fingerprint density at radius 1 is 1.05 bits per heavy atom. The number of nitrogens with one attached hydrogen (secondary N) is 1. The van der Waals surface area contributed by atoms with E-state index < -0.39 is 5.97 Å². The van der Waals surface area contributed by atoms with Crippen LogP contribution in [-0.4, -0.2) is 35.1 Å². The third kappa shape index (κ3) is 4.77. The third-order valence-electron chi connectivity index (χ3n) is 3.78. The number of nitrogens with zero attached hydrogens (tertiary/aromatic N) is 1. The molecular weight excluding hydrogens is 268 g/mol. The van der Waals surface area contributed by atoms with Crippen LogP contribution in [0, 0.1) is 0 Å². The van der Waals surface area contributed by atoms with Gasteiger partial charge < -0.3 is 15.3 Å². The minimum Gasteiger partial charge on any atom is -0.481 e. The SMILES string of the molecule is O=C(O)Cc1ccccc1CNC(=O)N1CCCCCC1. The molecule has 2 amide bonds. The van der Waals surface area contributed by atoms with Gasteiger partial charge in [-0.3, -0.25) is 4.79 Å². The molecule has 0 aromatic heterocycles. The second-order valence-electron chi connectivity index (χ2n) is 5.40. The van der Waals surface area contributed by atoms with Crippen molar-refractivity contribution in [2.75, 3.05) is 13.1 Å². The Balaban J connectivity index is 1.92. The largest absolute Gasteiger partial charge is 0.481 e. The number of hydrogen-bond donors (Lipinski definition) is 2. The molecule has 1 heterocycles. The summed E-state index contributed by atoms with van der Waals surface area (Å²) < 4.78 is 0. The van der Waals surface area contributed by atoms with Crippen LogP contribution in [0.3, 0.4) is 0 Å². The maximum atomic E-state index is 12.2. The summed E-state index contributed by atoms with van der Waals surface area (Å²) in [6.45, 7) is 1.99. The predicted molar refractivity (Wildman–Crippen MR) is 80.1 cm³/mol. The van der Waals surface area contributed by atoms with Crippen molar-refractivity contribution in [1.82, 2.24) is 10.2 Å². The molecule has 2 N–H and O–H groups in total. The van der Waals surface area contributed by atoms with Gasteiger partial charge in [0, 0.05) is 19.6 Å². The highest BCUT2D eigenvalue weighted by molar-refractivity contribution is 5.74. The Morgan fingerprint density at radius 2 is 1.67 bits per heavy atom. The number of rotatable bonds is 4. The maximum absolute atomic E-state index is 12.2. The van der Waals surface area contributed by atoms with Crippen LogP contribution in [0.15, 0.2) is 24.3 Å². The highest BCUT2D eigenvalue weighted by Gasteiger charge is 2.15. The average molecular weight is 290 g/mol. The first-order chi connectivity index (χ1) is 10.2. The standard InChI is InChI=1S/C16H22N2O3/c19-15(20)11-13-7-3-4-8-14(13)12-17-16(21)18-9-5-1-2-6-10-18/h3-4,7-8H,1-2,5-6,9-12H2,(H,17,21)(H,19,20). The molecular formula is C16H22N2O3. The second kappa shape index (κ2) is 7.67. The molecule has 0 spiro atoms. The summed E-state index contributed by atoms with van der Waals surface area (Å²) in [5.74, 6) is -0.860. The molecule has 5 heteroatoms. The Kier molecular flexibility index (Phi) is 5.60. The lowest BCUT2D eigenvalue weighted by atomic mass is 10.0. The Morgan fingerprint density at radius 3 is 2.29 bits per heavy atom. The van der Waals surface area contributed by atoms with Gasteiger partial charge in [-0.25, -0.2) is 4.79 Å². The minimum atomic E-state index is -0.860. The van der Waals surface area contributed by atoms with Crippen LogP contribution in [0.2, 0.25) is 0 Å². The van der Waals surface area contributed by atoms with Crippen LogP contribution in [-0.2, 0) is 17.8 Å². The molecule has 1 aliphatic heterocycles. The molecule has 0 atom stereocenters. The van der Waals surface area contributed by atoms with Gasteiger partial charge in [0.1, 0.15) is 0 Å². The summed E-state index contributed by atoms with van der Waals surface area (Å²) in [5, 5.41) is 11.8. The van der Waals surface area contributed by atoms with Gasteiger partial charge in [0.2, 0.25) is 0 Å². The van der Waals surface area contributed by atoms with E-state index in [0.29, 0.717) is 6.54 Å². The molecule has 0 radical (unpaired) electrons. The van der Waals surface area contributed by atoms with Crippen molar-refractivity contribution in [3.05, 3.63) is 35.4 Å². The third-order valence-corrected chi connectivity index (χ3v) is 3.78. The maximum Gasteiger partial charge on any atom is 0.317 e. The van der Waals surface area contributed by atoms with Crippen LogP contribution in [0.1, 0.15) is 36.8 Å². The fourth-order valence-corrected chi connectivity index (χ4v) is 2.62. The molecule has 1 fully saturated rings. The summed E-state index contributed by atoms with van der Waals surface area (Å²) in [7, 11) is 0. The summed E-state index contributed by atoms with van der Waals surface area (Å²) in [6.07, 6.45) is 4.47. The number of benzene rings is 1. The van der Waals surface area contributed by atoms with Gasteiger partial charge in [-0.15, -0.1) is 0 Å². The number of amides is 2. The van der Waals surface area contributed by atoms with Crippen LogP contribution in [0.25, 0.3) is 0 Å². The first-order valence-electron chi connectivity index (χ1n) is 7.48. The van der Waals surface area contributed by atoms with E-state index in [1.807, 2.05) is 23.1 Å². The summed E-state index contributed by atoms with van der Waals surface area (Å²) in [6, 6.07) is 7.28. The highest BCUT2D eigenvalue weighted by Crippen LogP contribution is 2.12. The molecule has 0 aliphatic carbocycles. The van der Waals surface area contributed by atoms with Crippen molar-refractivity contribution < 1.29 is 14.7 Å². The molecule has 1 saturated heterocycles. The van der Waals surface area contributed by atoms with Gasteiger partial charge in [-0.05, 0) is 24.0 Å². The van der Waals surface area contributed by atoms with Gasteiger partial charge in [0.05, 0.1) is 6.42 Å². The zero-order valence-electron chi connectivity index (χ0n) is 12.2. The van der Waals surface area contributed by atoms with Crippen LogP contribution in [0.4, 0.5) is 4.79 Å². The number of aliphatic carboxylic acids is 1. The molecule has 1 aromatic carbocycles. The number of carboxylic acid groups (broad SMARTS) is 1. The first-order valence-corrected chi connectivity index (χ1v) is 7.48. The minimum absolute atomic E-state index is 0.0181. The number of hydrogen-bond acceptors (Lipinski definition) is 2. The van der Waals surface area contributed by atoms with Gasteiger partial charge in [-0.2, -0.15) is 0 Å². The van der Waals surface area contributed by atoms with E-state index in [-0.39, 0.29) is 12.5 Å². The zero-order valence-corrected chi connectivity index (χ0v) is 12.2. The molecule has 2 rings (SSSR count). The summed E-state index contributed by atoms with van der Waals surface area (Å²) in [5.41, 5.74) is 1.62.